The molecule has 0 spiro atoms. The van der Waals surface area contributed by atoms with E-state index in [0.717, 1.165) is 24.8 Å². The monoisotopic (exact) mass is 427 g/mol. The topological polar surface area (TPSA) is 84.7 Å². The Morgan fingerprint density at radius 3 is 2.47 bits per heavy atom. The Labute approximate surface area is 183 Å². The van der Waals surface area contributed by atoms with E-state index >= 15 is 0 Å². The summed E-state index contributed by atoms with van der Waals surface area (Å²) >= 11 is 5.47. The lowest BCUT2D eigenvalue weighted by molar-refractivity contribution is -0.118. The first-order chi connectivity index (χ1) is 14.5. The van der Waals surface area contributed by atoms with Crippen molar-refractivity contribution in [1.29, 1.82) is 0 Å². The first kappa shape index (κ1) is 23.3. The van der Waals surface area contributed by atoms with Gasteiger partial charge in [-0.2, -0.15) is 0 Å². The molecule has 2 rings (SSSR count). The van der Waals surface area contributed by atoms with Crippen molar-refractivity contribution in [3.63, 3.8) is 0 Å². The van der Waals surface area contributed by atoms with E-state index < -0.39 is 5.91 Å². The molecule has 3 N–H and O–H groups in total. The maximum absolute atomic E-state index is 12.9. The standard InChI is InChI=1S/C23H29N3O3S/c1-2-3-9-16-29-20-13-8-7-12-19(20)22(28)25-23(30)26(15-14-21(24)27)17-18-10-5-4-6-11-18/h4-8,10-13H,2-3,9,14-17H2,1H3,(H2,24,27)(H,25,28,30). The predicted molar refractivity (Wildman–Crippen MR) is 122 cm³/mol. The van der Waals surface area contributed by atoms with Crippen LogP contribution in [0.15, 0.2) is 54.6 Å². The van der Waals surface area contributed by atoms with E-state index in [-0.39, 0.29) is 17.4 Å². The summed E-state index contributed by atoms with van der Waals surface area (Å²) in [6.45, 7) is 3.46. The van der Waals surface area contributed by atoms with Crippen molar-refractivity contribution < 1.29 is 14.3 Å². The fourth-order valence-corrected chi connectivity index (χ4v) is 3.11. The molecule has 2 aromatic rings. The quantitative estimate of drug-likeness (QED) is 0.422. The van der Waals surface area contributed by atoms with Gasteiger partial charge in [-0.05, 0) is 36.3 Å². The Hall–Kier alpha value is -2.93. The summed E-state index contributed by atoms with van der Waals surface area (Å²) in [7, 11) is 0. The Kier molecular flexibility index (Phi) is 9.80. The van der Waals surface area contributed by atoms with Crippen molar-refractivity contribution in [1.82, 2.24) is 10.2 Å². The number of carbonyl (C=O) groups is 2. The normalized spacial score (nSPS) is 10.3. The Morgan fingerprint density at radius 2 is 1.77 bits per heavy atom. The van der Waals surface area contributed by atoms with Gasteiger partial charge in [0.15, 0.2) is 5.11 Å². The van der Waals surface area contributed by atoms with E-state index in [1.165, 1.54) is 0 Å². The summed E-state index contributed by atoms with van der Waals surface area (Å²) in [5.74, 6) is -0.239. The number of nitrogens with zero attached hydrogens (tertiary/aromatic N) is 1. The fraction of sp³-hybridized carbons (Fsp3) is 0.348. The van der Waals surface area contributed by atoms with E-state index in [1.54, 1.807) is 23.1 Å². The highest BCUT2D eigenvalue weighted by molar-refractivity contribution is 7.80. The summed E-state index contributed by atoms with van der Waals surface area (Å²) in [4.78, 5) is 25.9. The Balaban J connectivity index is 2.06. The Morgan fingerprint density at radius 1 is 1.07 bits per heavy atom. The zero-order chi connectivity index (χ0) is 21.8. The molecule has 0 atom stereocenters. The lowest BCUT2D eigenvalue weighted by Gasteiger charge is -2.25. The summed E-state index contributed by atoms with van der Waals surface area (Å²) < 4.78 is 5.80. The van der Waals surface area contributed by atoms with Crippen LogP contribution in [-0.2, 0) is 11.3 Å². The molecule has 0 fully saturated rings. The van der Waals surface area contributed by atoms with Crippen molar-refractivity contribution in [3.8, 4) is 5.75 Å². The molecule has 0 unspecified atom stereocenters. The smallest absolute Gasteiger partial charge is 0.261 e. The largest absolute Gasteiger partial charge is 0.493 e. The van der Waals surface area contributed by atoms with Crippen LogP contribution < -0.4 is 15.8 Å². The van der Waals surface area contributed by atoms with Gasteiger partial charge in [0.1, 0.15) is 5.75 Å². The molecule has 0 saturated heterocycles. The number of thiocarbonyl (C=S) groups is 1. The van der Waals surface area contributed by atoms with E-state index in [0.29, 0.717) is 31.0 Å². The maximum Gasteiger partial charge on any atom is 0.261 e. The van der Waals surface area contributed by atoms with Crippen LogP contribution in [0.25, 0.3) is 0 Å². The van der Waals surface area contributed by atoms with E-state index in [1.807, 2.05) is 36.4 Å². The van der Waals surface area contributed by atoms with Gasteiger partial charge in [0.2, 0.25) is 5.91 Å². The summed E-state index contributed by atoms with van der Waals surface area (Å²) in [5, 5.41) is 3.01. The number of ether oxygens (including phenoxy) is 1. The lowest BCUT2D eigenvalue weighted by Crippen LogP contribution is -2.43. The molecule has 0 aliphatic heterocycles. The summed E-state index contributed by atoms with van der Waals surface area (Å²) in [6, 6.07) is 16.8. The number of nitrogens with two attached hydrogens (primary N) is 1. The maximum atomic E-state index is 12.9. The average molecular weight is 428 g/mol. The number of amides is 2. The number of nitrogens with one attached hydrogen (secondary N) is 1. The number of hydrogen-bond acceptors (Lipinski definition) is 4. The second-order valence-corrected chi connectivity index (χ2v) is 7.32. The molecule has 7 heteroatoms. The van der Waals surface area contributed by atoms with E-state index in [2.05, 4.69) is 12.2 Å². The summed E-state index contributed by atoms with van der Waals surface area (Å²) in [6.07, 6.45) is 3.25. The second-order valence-electron chi connectivity index (χ2n) is 6.93. The van der Waals surface area contributed by atoms with Gasteiger partial charge in [-0.25, -0.2) is 0 Å². The molecule has 0 aromatic heterocycles. The molecule has 6 nitrogen and oxygen atoms in total. The highest BCUT2D eigenvalue weighted by Crippen LogP contribution is 2.18. The second kappa shape index (κ2) is 12.6. The van der Waals surface area contributed by atoms with Gasteiger partial charge in [0, 0.05) is 19.5 Å². The van der Waals surface area contributed by atoms with Gasteiger partial charge < -0.3 is 15.4 Å². The highest BCUT2D eigenvalue weighted by Gasteiger charge is 2.18. The van der Waals surface area contributed by atoms with Crippen LogP contribution in [0, 0.1) is 0 Å². The minimum atomic E-state index is -0.423. The van der Waals surface area contributed by atoms with Crippen molar-refractivity contribution in [2.75, 3.05) is 13.2 Å². The van der Waals surface area contributed by atoms with E-state index in [4.69, 9.17) is 22.7 Å². The van der Waals surface area contributed by atoms with Crippen LogP contribution in [0.2, 0.25) is 0 Å². The minimum absolute atomic E-state index is 0.139. The van der Waals surface area contributed by atoms with Crippen molar-refractivity contribution >= 4 is 29.1 Å². The van der Waals surface area contributed by atoms with Crippen LogP contribution in [-0.4, -0.2) is 35.0 Å². The van der Waals surface area contributed by atoms with Crippen molar-refractivity contribution in [2.24, 2.45) is 5.73 Å². The minimum Gasteiger partial charge on any atom is -0.493 e. The summed E-state index contributed by atoms with van der Waals surface area (Å²) in [5.41, 5.74) is 6.74. The van der Waals surface area contributed by atoms with Crippen LogP contribution in [0.4, 0.5) is 0 Å². The third-order valence-electron chi connectivity index (χ3n) is 4.49. The molecule has 0 radical (unpaired) electrons. The van der Waals surface area contributed by atoms with Crippen molar-refractivity contribution in [3.05, 3.63) is 65.7 Å². The third kappa shape index (κ3) is 7.83. The average Bonchev–Trinajstić information content (AvgIpc) is 2.75. The molecule has 0 aliphatic carbocycles. The number of carbonyl (C=O) groups excluding carboxylic acids is 2. The van der Waals surface area contributed by atoms with E-state index in [9.17, 15) is 9.59 Å². The molecule has 2 aromatic carbocycles. The lowest BCUT2D eigenvalue weighted by atomic mass is 10.2. The fourth-order valence-electron chi connectivity index (χ4n) is 2.86. The number of hydrogen-bond donors (Lipinski definition) is 2. The first-order valence-electron chi connectivity index (χ1n) is 10.2. The van der Waals surface area contributed by atoms with Gasteiger partial charge in [-0.1, -0.05) is 62.2 Å². The van der Waals surface area contributed by atoms with Gasteiger partial charge in [0.25, 0.3) is 5.91 Å². The van der Waals surface area contributed by atoms with Crippen LogP contribution in [0.3, 0.4) is 0 Å². The number of unbranched alkanes of at least 4 members (excludes halogenated alkanes) is 2. The van der Waals surface area contributed by atoms with Crippen LogP contribution in [0.5, 0.6) is 5.75 Å². The first-order valence-corrected chi connectivity index (χ1v) is 10.6. The highest BCUT2D eigenvalue weighted by atomic mass is 32.1. The third-order valence-corrected chi connectivity index (χ3v) is 4.85. The van der Waals surface area contributed by atoms with Gasteiger partial charge >= 0.3 is 0 Å². The number of benzene rings is 2. The van der Waals surface area contributed by atoms with Crippen LogP contribution in [0.1, 0.15) is 48.5 Å². The molecule has 0 aliphatic rings. The molecule has 2 amide bonds. The number of para-hydroxylation sites is 1. The molecular weight excluding hydrogens is 398 g/mol. The number of primary amides is 1. The molecule has 160 valence electrons. The molecule has 0 saturated carbocycles. The zero-order valence-corrected chi connectivity index (χ0v) is 18.1. The SMILES string of the molecule is CCCCCOc1ccccc1C(=O)NC(=S)N(CCC(N)=O)Cc1ccccc1. The zero-order valence-electron chi connectivity index (χ0n) is 17.3. The number of rotatable bonds is 11. The molecule has 0 bridgehead atoms. The Bertz CT molecular complexity index is 843. The predicted octanol–water partition coefficient (Wildman–Crippen LogP) is 3.65. The van der Waals surface area contributed by atoms with Gasteiger partial charge in [-0.3, -0.25) is 14.9 Å². The van der Waals surface area contributed by atoms with Gasteiger partial charge in [0.05, 0.1) is 12.2 Å². The van der Waals surface area contributed by atoms with Gasteiger partial charge in [-0.15, -0.1) is 0 Å². The molecule has 30 heavy (non-hydrogen) atoms. The van der Waals surface area contributed by atoms with Crippen LogP contribution >= 0.6 is 12.2 Å². The molecule has 0 heterocycles. The van der Waals surface area contributed by atoms with Crippen molar-refractivity contribution in [2.45, 2.75) is 39.2 Å². The molecular formula is C23H29N3O3S.